The summed E-state index contributed by atoms with van der Waals surface area (Å²) < 4.78 is 11.1. The minimum atomic E-state index is -1.65. The van der Waals surface area contributed by atoms with Crippen LogP contribution in [0.4, 0.5) is 0 Å². The molecule has 1 fully saturated rings. The summed E-state index contributed by atoms with van der Waals surface area (Å²) in [6.45, 7) is 3.41. The van der Waals surface area contributed by atoms with E-state index in [1.807, 2.05) is 0 Å². The Kier molecular flexibility index (Phi) is 32.4. The highest BCUT2D eigenvalue weighted by atomic mass is 16.7. The van der Waals surface area contributed by atoms with Crippen LogP contribution in [-0.4, -0.2) is 110 Å². The zero-order valence-electron chi connectivity index (χ0n) is 34.5. The van der Waals surface area contributed by atoms with E-state index in [-0.39, 0.29) is 6.42 Å². The quantitative estimate of drug-likeness (QED) is 0.0315. The second-order valence-corrected chi connectivity index (χ2v) is 16.1. The average molecular weight is 776 g/mol. The highest BCUT2D eigenvalue weighted by Crippen LogP contribution is 2.23. The first kappa shape index (κ1) is 51.1. The van der Waals surface area contributed by atoms with Crippen molar-refractivity contribution in [2.45, 2.75) is 255 Å². The third-order valence-corrected chi connectivity index (χ3v) is 11.2. The molecule has 322 valence electrons. The van der Waals surface area contributed by atoms with Gasteiger partial charge >= 0.3 is 0 Å². The zero-order chi connectivity index (χ0) is 39.8. The van der Waals surface area contributed by atoms with Gasteiger partial charge in [-0.15, -0.1) is 0 Å². The van der Waals surface area contributed by atoms with E-state index in [2.05, 4.69) is 19.2 Å². The maximum atomic E-state index is 13.0. The Morgan fingerprint density at radius 2 is 0.963 bits per heavy atom. The minimum absolute atomic E-state index is 0.266. The molecule has 0 spiro atoms. The lowest BCUT2D eigenvalue weighted by atomic mass is 9.98. The van der Waals surface area contributed by atoms with Crippen molar-refractivity contribution < 1.29 is 50.0 Å². The van der Waals surface area contributed by atoms with Gasteiger partial charge in [-0.2, -0.15) is 0 Å². The molecule has 54 heavy (non-hydrogen) atoms. The number of carbonyl (C=O) groups excluding carboxylic acids is 1. The molecule has 0 aromatic heterocycles. The van der Waals surface area contributed by atoms with E-state index in [1.54, 1.807) is 0 Å². The smallest absolute Gasteiger partial charge is 0.249 e. The van der Waals surface area contributed by atoms with Crippen LogP contribution in [-0.2, 0) is 14.3 Å². The Labute approximate surface area is 329 Å². The maximum Gasteiger partial charge on any atom is 0.249 e. The van der Waals surface area contributed by atoms with Crippen LogP contribution in [0, 0.1) is 0 Å². The number of hydrogen-bond acceptors (Lipinski definition) is 10. The molecule has 9 unspecified atom stereocenters. The van der Waals surface area contributed by atoms with Gasteiger partial charge < -0.3 is 50.5 Å². The molecular formula is C43H85NO10. The molecule has 9 atom stereocenters. The molecule has 0 aromatic rings. The second kappa shape index (κ2) is 34.2. The van der Waals surface area contributed by atoms with Gasteiger partial charge in [0.15, 0.2) is 6.29 Å². The van der Waals surface area contributed by atoms with Crippen molar-refractivity contribution in [3.63, 3.8) is 0 Å². The molecule has 0 bridgehead atoms. The normalized spacial score (nSPS) is 22.6. The summed E-state index contributed by atoms with van der Waals surface area (Å²) in [7, 11) is 0. The van der Waals surface area contributed by atoms with E-state index in [0.717, 1.165) is 38.5 Å². The molecule has 0 radical (unpaired) electrons. The summed E-state index contributed by atoms with van der Waals surface area (Å²) >= 11 is 0. The molecule has 0 aliphatic carbocycles. The van der Waals surface area contributed by atoms with Crippen LogP contribution in [0.25, 0.3) is 0 Å². The van der Waals surface area contributed by atoms with Crippen molar-refractivity contribution >= 4 is 5.91 Å². The van der Waals surface area contributed by atoms with Crippen molar-refractivity contribution in [3.8, 4) is 0 Å². The molecule has 11 heteroatoms. The zero-order valence-corrected chi connectivity index (χ0v) is 34.5. The van der Waals surface area contributed by atoms with Crippen LogP contribution in [0.5, 0.6) is 0 Å². The summed E-state index contributed by atoms with van der Waals surface area (Å²) in [6.07, 6.45) is 21.7. The van der Waals surface area contributed by atoms with Crippen LogP contribution in [0.15, 0.2) is 0 Å². The Balaban J connectivity index is 2.41. The standard InChI is InChI=1S/C43H85NO10/c1-3-5-7-9-11-13-14-15-16-17-18-19-20-21-23-25-27-29-31-36(47)42(52)44-34(33-53-43-41(51)40(50)39(49)37(32-45)54-43)38(48)35(46)30-28-26-24-22-12-10-8-6-4-2/h34-41,43,45-51H,3-33H2,1-2H3,(H,44,52). The van der Waals surface area contributed by atoms with Gasteiger partial charge in [-0.05, 0) is 12.8 Å². The van der Waals surface area contributed by atoms with Crippen molar-refractivity contribution in [1.82, 2.24) is 5.32 Å². The molecule has 0 aromatic carbocycles. The molecule has 1 saturated heterocycles. The summed E-state index contributed by atoms with van der Waals surface area (Å²) in [5.41, 5.74) is 0. The number of hydrogen-bond donors (Lipinski definition) is 8. The van der Waals surface area contributed by atoms with Crippen molar-refractivity contribution in [2.75, 3.05) is 13.2 Å². The van der Waals surface area contributed by atoms with E-state index >= 15 is 0 Å². The maximum absolute atomic E-state index is 13.0. The fraction of sp³-hybridized carbons (Fsp3) is 0.977. The van der Waals surface area contributed by atoms with Gasteiger partial charge in [0.05, 0.1) is 25.4 Å². The Morgan fingerprint density at radius 3 is 1.37 bits per heavy atom. The number of aliphatic hydroxyl groups excluding tert-OH is 7. The Bertz CT molecular complexity index is 851. The van der Waals surface area contributed by atoms with E-state index in [4.69, 9.17) is 9.47 Å². The lowest BCUT2D eigenvalue weighted by Crippen LogP contribution is -2.60. The summed E-state index contributed by atoms with van der Waals surface area (Å²) in [5.74, 6) is -0.696. The number of unbranched alkanes of at least 4 members (excludes halogenated alkanes) is 25. The van der Waals surface area contributed by atoms with E-state index in [0.29, 0.717) is 19.3 Å². The molecule has 1 rings (SSSR count). The van der Waals surface area contributed by atoms with Gasteiger partial charge in [0.25, 0.3) is 0 Å². The number of rotatable bonds is 37. The topological polar surface area (TPSA) is 189 Å². The van der Waals surface area contributed by atoms with E-state index < -0.39 is 74.2 Å². The van der Waals surface area contributed by atoms with Crippen molar-refractivity contribution in [1.29, 1.82) is 0 Å². The average Bonchev–Trinajstić information content (AvgIpc) is 3.17. The Hall–Kier alpha value is -0.890. The first-order valence-electron chi connectivity index (χ1n) is 22.4. The molecular weight excluding hydrogens is 690 g/mol. The molecule has 1 heterocycles. The van der Waals surface area contributed by atoms with E-state index in [9.17, 15) is 40.5 Å². The SMILES string of the molecule is CCCCCCCCCCCCCCCCCCCCC(O)C(=O)NC(COC1OC(CO)C(O)C(O)C1O)C(O)C(O)CCCCCCCCCCC. The molecule has 0 saturated carbocycles. The largest absolute Gasteiger partial charge is 0.394 e. The fourth-order valence-electron chi connectivity index (χ4n) is 7.38. The van der Waals surface area contributed by atoms with Gasteiger partial charge in [-0.1, -0.05) is 187 Å². The number of amides is 1. The van der Waals surface area contributed by atoms with Gasteiger partial charge in [0.1, 0.15) is 36.6 Å². The summed E-state index contributed by atoms with van der Waals surface area (Å²) in [6, 6.07) is -1.16. The fourth-order valence-corrected chi connectivity index (χ4v) is 7.38. The number of nitrogens with one attached hydrogen (secondary N) is 1. The first-order chi connectivity index (χ1) is 26.2. The molecule has 1 aliphatic rings. The summed E-state index contributed by atoms with van der Waals surface area (Å²) in [5, 5.41) is 75.4. The summed E-state index contributed by atoms with van der Waals surface area (Å²) in [4.78, 5) is 13.0. The van der Waals surface area contributed by atoms with Crippen LogP contribution >= 0.6 is 0 Å². The monoisotopic (exact) mass is 776 g/mol. The van der Waals surface area contributed by atoms with Crippen LogP contribution in [0.3, 0.4) is 0 Å². The predicted octanol–water partition coefficient (Wildman–Crippen LogP) is 6.72. The van der Waals surface area contributed by atoms with Gasteiger partial charge in [-0.3, -0.25) is 4.79 Å². The predicted molar refractivity (Wildman–Crippen MR) is 215 cm³/mol. The lowest BCUT2D eigenvalue weighted by molar-refractivity contribution is -0.303. The van der Waals surface area contributed by atoms with Crippen LogP contribution in [0.2, 0.25) is 0 Å². The van der Waals surface area contributed by atoms with Crippen molar-refractivity contribution in [3.05, 3.63) is 0 Å². The third-order valence-electron chi connectivity index (χ3n) is 11.2. The molecule has 1 aliphatic heterocycles. The van der Waals surface area contributed by atoms with Crippen LogP contribution < -0.4 is 5.32 Å². The number of carbonyl (C=O) groups is 1. The van der Waals surface area contributed by atoms with E-state index in [1.165, 1.54) is 122 Å². The van der Waals surface area contributed by atoms with Crippen LogP contribution in [0.1, 0.15) is 200 Å². The molecule has 11 nitrogen and oxygen atoms in total. The minimum Gasteiger partial charge on any atom is -0.394 e. The highest BCUT2D eigenvalue weighted by molar-refractivity contribution is 5.80. The molecule has 8 N–H and O–H groups in total. The van der Waals surface area contributed by atoms with Gasteiger partial charge in [-0.25, -0.2) is 0 Å². The number of ether oxygens (including phenoxy) is 2. The highest BCUT2D eigenvalue weighted by Gasteiger charge is 2.44. The molecule has 1 amide bonds. The Morgan fingerprint density at radius 1 is 0.574 bits per heavy atom. The lowest BCUT2D eigenvalue weighted by Gasteiger charge is -2.40. The van der Waals surface area contributed by atoms with Gasteiger partial charge in [0, 0.05) is 0 Å². The van der Waals surface area contributed by atoms with Gasteiger partial charge in [0.2, 0.25) is 5.91 Å². The van der Waals surface area contributed by atoms with Crippen molar-refractivity contribution in [2.24, 2.45) is 0 Å². The third kappa shape index (κ3) is 24.0. The first-order valence-corrected chi connectivity index (χ1v) is 22.4. The number of aliphatic hydroxyl groups is 7. The second-order valence-electron chi connectivity index (χ2n) is 16.1.